The zero-order valence-corrected chi connectivity index (χ0v) is 11.1. The van der Waals surface area contributed by atoms with E-state index in [1.807, 2.05) is 0 Å². The molecule has 3 aliphatic rings. The third-order valence-corrected chi connectivity index (χ3v) is 4.98. The molecule has 2 heterocycles. The van der Waals surface area contributed by atoms with Gasteiger partial charge in [0.25, 0.3) is 0 Å². The smallest absolute Gasteiger partial charge is 0.0708 e. The Morgan fingerprint density at radius 2 is 2.06 bits per heavy atom. The largest absolute Gasteiger partial charge is 0.370 e. The van der Waals surface area contributed by atoms with Gasteiger partial charge >= 0.3 is 0 Å². The van der Waals surface area contributed by atoms with Gasteiger partial charge < -0.3 is 15.4 Å². The molecule has 0 amide bonds. The normalized spacial score (nSPS) is 40.4. The average Bonchev–Trinajstić information content (AvgIpc) is 3.01. The molecule has 1 aliphatic carbocycles. The molecule has 0 aromatic heterocycles. The van der Waals surface area contributed by atoms with Crippen LogP contribution in [0.1, 0.15) is 51.9 Å². The fourth-order valence-electron chi connectivity index (χ4n) is 3.75. The van der Waals surface area contributed by atoms with Gasteiger partial charge in [-0.1, -0.05) is 12.8 Å². The molecule has 2 saturated heterocycles. The minimum atomic E-state index is 0.293. The molecule has 3 nitrogen and oxygen atoms in total. The Morgan fingerprint density at radius 3 is 2.76 bits per heavy atom. The summed E-state index contributed by atoms with van der Waals surface area (Å²) >= 11 is 0. The van der Waals surface area contributed by atoms with Crippen molar-refractivity contribution in [3.8, 4) is 0 Å². The Morgan fingerprint density at radius 1 is 1.24 bits per heavy atom. The first-order valence-corrected chi connectivity index (χ1v) is 7.33. The lowest BCUT2D eigenvalue weighted by Crippen LogP contribution is -2.47. The maximum Gasteiger partial charge on any atom is 0.0708 e. The van der Waals surface area contributed by atoms with Crippen molar-refractivity contribution in [2.24, 2.45) is 0 Å². The highest BCUT2D eigenvalue weighted by atomic mass is 16.5. The van der Waals surface area contributed by atoms with Gasteiger partial charge in [0.1, 0.15) is 0 Å². The zero-order valence-electron chi connectivity index (χ0n) is 11.1. The predicted octanol–water partition coefficient (Wildman–Crippen LogP) is 1.82. The van der Waals surface area contributed by atoms with Gasteiger partial charge in [0, 0.05) is 18.6 Å². The van der Waals surface area contributed by atoms with E-state index in [1.54, 1.807) is 0 Å². The molecule has 2 aliphatic heterocycles. The first-order chi connectivity index (χ1) is 8.20. The summed E-state index contributed by atoms with van der Waals surface area (Å²) in [6.45, 7) is 5.62. The number of hydrogen-bond donors (Lipinski definition) is 2. The summed E-state index contributed by atoms with van der Waals surface area (Å²) < 4.78 is 6.33. The van der Waals surface area contributed by atoms with Crippen molar-refractivity contribution in [2.75, 3.05) is 19.6 Å². The van der Waals surface area contributed by atoms with Crippen LogP contribution in [-0.4, -0.2) is 36.9 Å². The molecule has 2 N–H and O–H groups in total. The summed E-state index contributed by atoms with van der Waals surface area (Å²) in [5, 5.41) is 7.15. The lowest BCUT2D eigenvalue weighted by Gasteiger charge is -2.28. The molecular formula is C14H26N2O. The summed E-state index contributed by atoms with van der Waals surface area (Å²) in [7, 11) is 0. The van der Waals surface area contributed by atoms with Gasteiger partial charge in [-0.05, 0) is 45.6 Å². The van der Waals surface area contributed by atoms with E-state index in [1.165, 1.54) is 44.9 Å². The molecule has 3 rings (SSSR count). The fraction of sp³-hybridized carbons (Fsp3) is 1.00. The molecule has 1 saturated carbocycles. The van der Waals surface area contributed by atoms with Gasteiger partial charge in [0.2, 0.25) is 0 Å². The zero-order chi connectivity index (χ0) is 11.8. The van der Waals surface area contributed by atoms with Gasteiger partial charge in [-0.3, -0.25) is 0 Å². The summed E-state index contributed by atoms with van der Waals surface area (Å²) in [4.78, 5) is 0. The highest BCUT2D eigenvalue weighted by Crippen LogP contribution is 2.43. The molecule has 3 heteroatoms. The third-order valence-electron chi connectivity index (χ3n) is 4.98. The van der Waals surface area contributed by atoms with Gasteiger partial charge in [0.15, 0.2) is 0 Å². The van der Waals surface area contributed by atoms with Crippen LogP contribution in [0.5, 0.6) is 0 Å². The SMILES string of the molecule is CC1(NCC2CCC3(CCCC3)O2)CCNC1. The Balaban J connectivity index is 1.47. The van der Waals surface area contributed by atoms with E-state index < -0.39 is 0 Å². The molecule has 0 radical (unpaired) electrons. The Hall–Kier alpha value is -0.120. The van der Waals surface area contributed by atoms with E-state index in [0.717, 1.165) is 19.6 Å². The van der Waals surface area contributed by atoms with E-state index >= 15 is 0 Å². The van der Waals surface area contributed by atoms with E-state index in [9.17, 15) is 0 Å². The van der Waals surface area contributed by atoms with Crippen LogP contribution in [0.25, 0.3) is 0 Å². The minimum absolute atomic E-state index is 0.293. The van der Waals surface area contributed by atoms with E-state index in [4.69, 9.17) is 4.74 Å². The first kappa shape index (κ1) is 11.9. The number of rotatable bonds is 3. The molecule has 17 heavy (non-hydrogen) atoms. The molecule has 2 unspecified atom stereocenters. The summed E-state index contributed by atoms with van der Waals surface area (Å²) in [6, 6.07) is 0. The van der Waals surface area contributed by atoms with E-state index in [-0.39, 0.29) is 0 Å². The Bertz CT molecular complexity index is 267. The Labute approximate surface area is 105 Å². The van der Waals surface area contributed by atoms with Crippen molar-refractivity contribution in [2.45, 2.75) is 69.1 Å². The molecule has 0 aromatic carbocycles. The number of ether oxygens (including phenoxy) is 1. The number of hydrogen-bond acceptors (Lipinski definition) is 3. The van der Waals surface area contributed by atoms with Gasteiger partial charge in [0.05, 0.1) is 11.7 Å². The van der Waals surface area contributed by atoms with Crippen molar-refractivity contribution < 1.29 is 4.74 Å². The molecule has 0 bridgehead atoms. The van der Waals surface area contributed by atoms with Crippen molar-refractivity contribution in [3.63, 3.8) is 0 Å². The lowest BCUT2D eigenvalue weighted by molar-refractivity contribution is -0.0370. The van der Waals surface area contributed by atoms with E-state index in [2.05, 4.69) is 17.6 Å². The Kier molecular flexibility index (Phi) is 3.18. The topological polar surface area (TPSA) is 33.3 Å². The molecule has 2 atom stereocenters. The standard InChI is InChI=1S/C14H26N2O/c1-13(8-9-15-11-13)16-10-12-4-7-14(17-12)5-2-3-6-14/h12,15-16H,2-11H2,1H3. The van der Waals surface area contributed by atoms with Crippen LogP contribution < -0.4 is 10.6 Å². The summed E-state index contributed by atoms with van der Waals surface area (Å²) in [6.07, 6.45) is 9.63. The van der Waals surface area contributed by atoms with Crippen LogP contribution in [0, 0.1) is 0 Å². The van der Waals surface area contributed by atoms with Crippen molar-refractivity contribution in [1.29, 1.82) is 0 Å². The maximum atomic E-state index is 6.33. The van der Waals surface area contributed by atoms with Gasteiger partial charge in [-0.2, -0.15) is 0 Å². The maximum absolute atomic E-state index is 6.33. The third kappa shape index (κ3) is 2.51. The predicted molar refractivity (Wildman–Crippen MR) is 69.2 cm³/mol. The van der Waals surface area contributed by atoms with Crippen LogP contribution in [-0.2, 0) is 4.74 Å². The van der Waals surface area contributed by atoms with Crippen LogP contribution in [0.15, 0.2) is 0 Å². The molecular weight excluding hydrogens is 212 g/mol. The van der Waals surface area contributed by atoms with Gasteiger partial charge in [-0.25, -0.2) is 0 Å². The van der Waals surface area contributed by atoms with Crippen molar-refractivity contribution in [3.05, 3.63) is 0 Å². The van der Waals surface area contributed by atoms with Crippen molar-refractivity contribution in [1.82, 2.24) is 10.6 Å². The lowest BCUT2D eigenvalue weighted by atomic mass is 9.98. The summed E-state index contributed by atoms with van der Waals surface area (Å²) in [5.41, 5.74) is 0.593. The molecule has 0 aromatic rings. The second kappa shape index (κ2) is 4.52. The average molecular weight is 238 g/mol. The van der Waals surface area contributed by atoms with Crippen LogP contribution >= 0.6 is 0 Å². The highest BCUT2D eigenvalue weighted by molar-refractivity contribution is 4.96. The second-order valence-corrected chi connectivity index (χ2v) is 6.54. The molecule has 1 spiro atoms. The van der Waals surface area contributed by atoms with Crippen molar-refractivity contribution >= 4 is 0 Å². The van der Waals surface area contributed by atoms with Crippen LogP contribution in [0.2, 0.25) is 0 Å². The van der Waals surface area contributed by atoms with E-state index in [0.29, 0.717) is 17.2 Å². The highest BCUT2D eigenvalue weighted by Gasteiger charge is 2.42. The molecule has 98 valence electrons. The van der Waals surface area contributed by atoms with Gasteiger partial charge in [-0.15, -0.1) is 0 Å². The molecule has 3 fully saturated rings. The monoisotopic (exact) mass is 238 g/mol. The quantitative estimate of drug-likeness (QED) is 0.787. The number of nitrogens with one attached hydrogen (secondary N) is 2. The fourth-order valence-corrected chi connectivity index (χ4v) is 3.75. The summed E-state index contributed by atoms with van der Waals surface area (Å²) in [5.74, 6) is 0. The van der Waals surface area contributed by atoms with Crippen LogP contribution in [0.4, 0.5) is 0 Å². The minimum Gasteiger partial charge on any atom is -0.370 e. The second-order valence-electron chi connectivity index (χ2n) is 6.54. The first-order valence-electron chi connectivity index (χ1n) is 7.33. The van der Waals surface area contributed by atoms with Crippen LogP contribution in [0.3, 0.4) is 0 Å².